The fourth-order valence-corrected chi connectivity index (χ4v) is 2.23. The summed E-state index contributed by atoms with van der Waals surface area (Å²) in [5.74, 6) is -0.980. The third kappa shape index (κ3) is 3.10. The molecular weight excluding hydrogens is 253 g/mol. The molecule has 0 aliphatic heterocycles. The molecule has 1 unspecified atom stereocenters. The van der Waals surface area contributed by atoms with Crippen molar-refractivity contribution in [1.82, 2.24) is 0 Å². The maximum absolute atomic E-state index is 13.8. The van der Waals surface area contributed by atoms with E-state index in [2.05, 4.69) is 6.07 Å². The first kappa shape index (κ1) is 14.0. The van der Waals surface area contributed by atoms with Crippen molar-refractivity contribution in [1.29, 1.82) is 5.26 Å². The number of halogens is 1. The van der Waals surface area contributed by atoms with Crippen LogP contribution in [0.5, 0.6) is 0 Å². The number of hydrogen-bond acceptors (Lipinski definition) is 2. The maximum Gasteiger partial charge on any atom is 0.137 e. The summed E-state index contributed by atoms with van der Waals surface area (Å²) in [4.78, 5) is 11.8. The Morgan fingerprint density at radius 1 is 1.25 bits per heavy atom. The molecule has 0 amide bonds. The number of ketones is 1. The molecule has 3 heteroatoms. The number of benzene rings is 2. The lowest BCUT2D eigenvalue weighted by atomic mass is 9.88. The van der Waals surface area contributed by atoms with E-state index in [1.165, 1.54) is 13.0 Å². The van der Waals surface area contributed by atoms with Crippen LogP contribution >= 0.6 is 0 Å². The molecule has 0 N–H and O–H groups in total. The normalized spacial score (nSPS) is 11.7. The van der Waals surface area contributed by atoms with E-state index in [4.69, 9.17) is 5.26 Å². The summed E-state index contributed by atoms with van der Waals surface area (Å²) in [6.45, 7) is 1.46. The van der Waals surface area contributed by atoms with Gasteiger partial charge < -0.3 is 0 Å². The van der Waals surface area contributed by atoms with Gasteiger partial charge in [0.25, 0.3) is 0 Å². The number of nitrogens with zero attached hydrogens (tertiary/aromatic N) is 1. The molecular formula is C17H14FNO. The van der Waals surface area contributed by atoms with E-state index in [1.54, 1.807) is 36.4 Å². The van der Waals surface area contributed by atoms with Crippen molar-refractivity contribution in [3.05, 3.63) is 71.0 Å². The van der Waals surface area contributed by atoms with Crippen molar-refractivity contribution in [3.8, 4) is 6.07 Å². The van der Waals surface area contributed by atoms with Crippen LogP contribution in [-0.2, 0) is 11.2 Å². The lowest BCUT2D eigenvalue weighted by Crippen LogP contribution is -2.13. The minimum absolute atomic E-state index is 0.0857. The molecule has 0 bridgehead atoms. The Kier molecular flexibility index (Phi) is 4.27. The first-order chi connectivity index (χ1) is 9.61. The number of nitriles is 1. The van der Waals surface area contributed by atoms with Crippen LogP contribution in [0.4, 0.5) is 4.39 Å². The summed E-state index contributed by atoms with van der Waals surface area (Å²) in [6.07, 6.45) is 0.395. The molecule has 2 nitrogen and oxygen atoms in total. The second-order valence-corrected chi connectivity index (χ2v) is 4.70. The van der Waals surface area contributed by atoms with E-state index in [9.17, 15) is 9.18 Å². The molecule has 0 heterocycles. The highest BCUT2D eigenvalue weighted by molar-refractivity contribution is 5.83. The number of hydrogen-bond donors (Lipinski definition) is 0. The third-order valence-electron chi connectivity index (χ3n) is 3.27. The van der Waals surface area contributed by atoms with Gasteiger partial charge in [-0.1, -0.05) is 30.3 Å². The lowest BCUT2D eigenvalue weighted by Gasteiger charge is -2.15. The molecule has 0 fully saturated rings. The van der Waals surface area contributed by atoms with E-state index in [0.717, 1.165) is 5.56 Å². The molecule has 0 saturated heterocycles. The molecule has 0 radical (unpaired) electrons. The van der Waals surface area contributed by atoms with E-state index in [0.29, 0.717) is 17.5 Å². The van der Waals surface area contributed by atoms with Crippen LogP contribution in [0.15, 0.2) is 48.5 Å². The first-order valence-electron chi connectivity index (χ1n) is 6.35. The van der Waals surface area contributed by atoms with Gasteiger partial charge in [-0.05, 0) is 42.7 Å². The van der Waals surface area contributed by atoms with Crippen LogP contribution in [0.3, 0.4) is 0 Å². The molecule has 0 aliphatic carbocycles. The summed E-state index contributed by atoms with van der Waals surface area (Å²) in [7, 11) is 0. The molecule has 0 aromatic heterocycles. The van der Waals surface area contributed by atoms with Gasteiger partial charge in [0, 0.05) is 5.92 Å². The van der Waals surface area contributed by atoms with Gasteiger partial charge in [-0.15, -0.1) is 0 Å². The van der Waals surface area contributed by atoms with Gasteiger partial charge in [0.05, 0.1) is 11.6 Å². The Morgan fingerprint density at radius 3 is 2.65 bits per heavy atom. The van der Waals surface area contributed by atoms with Gasteiger partial charge in [0.1, 0.15) is 11.6 Å². The van der Waals surface area contributed by atoms with Crippen molar-refractivity contribution < 1.29 is 9.18 Å². The SMILES string of the molecule is CC(=O)C(Cc1cccc(C#N)c1)c1ccccc1F. The van der Waals surface area contributed by atoms with Gasteiger partial charge in [-0.25, -0.2) is 4.39 Å². The fourth-order valence-electron chi connectivity index (χ4n) is 2.23. The Labute approximate surface area is 117 Å². The van der Waals surface area contributed by atoms with Crippen molar-refractivity contribution in [2.75, 3.05) is 0 Å². The summed E-state index contributed by atoms with van der Waals surface area (Å²) in [5, 5.41) is 8.89. The average molecular weight is 267 g/mol. The highest BCUT2D eigenvalue weighted by Crippen LogP contribution is 2.24. The highest BCUT2D eigenvalue weighted by Gasteiger charge is 2.20. The second-order valence-electron chi connectivity index (χ2n) is 4.70. The zero-order chi connectivity index (χ0) is 14.5. The van der Waals surface area contributed by atoms with Crippen LogP contribution < -0.4 is 0 Å². The minimum Gasteiger partial charge on any atom is -0.299 e. The minimum atomic E-state index is -0.523. The van der Waals surface area contributed by atoms with Crippen LogP contribution in [0.1, 0.15) is 29.5 Å². The number of Topliss-reactive ketones (excluding diaryl/α,β-unsaturated/α-hetero) is 1. The number of carbonyl (C=O) groups excluding carboxylic acids is 1. The van der Waals surface area contributed by atoms with Crippen molar-refractivity contribution >= 4 is 5.78 Å². The Balaban J connectivity index is 2.34. The van der Waals surface area contributed by atoms with Gasteiger partial charge >= 0.3 is 0 Å². The summed E-state index contributed by atoms with van der Waals surface area (Å²) >= 11 is 0. The van der Waals surface area contributed by atoms with Gasteiger partial charge in [0.15, 0.2) is 0 Å². The second kappa shape index (κ2) is 6.12. The third-order valence-corrected chi connectivity index (χ3v) is 3.27. The van der Waals surface area contributed by atoms with E-state index in [1.807, 2.05) is 6.07 Å². The monoisotopic (exact) mass is 267 g/mol. The predicted molar refractivity (Wildman–Crippen MR) is 74.7 cm³/mol. The van der Waals surface area contributed by atoms with Crippen molar-refractivity contribution in [2.24, 2.45) is 0 Å². The van der Waals surface area contributed by atoms with Crippen LogP contribution in [0.25, 0.3) is 0 Å². The Morgan fingerprint density at radius 2 is 2.00 bits per heavy atom. The highest BCUT2D eigenvalue weighted by atomic mass is 19.1. The van der Waals surface area contributed by atoms with Crippen LogP contribution in [0.2, 0.25) is 0 Å². The maximum atomic E-state index is 13.8. The lowest BCUT2D eigenvalue weighted by molar-refractivity contribution is -0.118. The van der Waals surface area contributed by atoms with Crippen LogP contribution in [-0.4, -0.2) is 5.78 Å². The van der Waals surface area contributed by atoms with Crippen molar-refractivity contribution in [2.45, 2.75) is 19.3 Å². The van der Waals surface area contributed by atoms with E-state index in [-0.39, 0.29) is 11.6 Å². The van der Waals surface area contributed by atoms with Crippen LogP contribution in [0, 0.1) is 17.1 Å². The molecule has 0 aliphatic rings. The summed E-state index contributed by atoms with van der Waals surface area (Å²) < 4.78 is 13.8. The first-order valence-corrected chi connectivity index (χ1v) is 6.35. The predicted octanol–water partition coefficient (Wildman–Crippen LogP) is 3.61. The zero-order valence-corrected chi connectivity index (χ0v) is 11.1. The van der Waals surface area contributed by atoms with Gasteiger partial charge in [-0.2, -0.15) is 5.26 Å². The summed E-state index contributed by atoms with van der Waals surface area (Å²) in [6, 6.07) is 15.4. The average Bonchev–Trinajstić information content (AvgIpc) is 2.45. The van der Waals surface area contributed by atoms with Gasteiger partial charge in [-0.3, -0.25) is 4.79 Å². The number of carbonyl (C=O) groups is 1. The standard InChI is InChI=1S/C17H14FNO/c1-12(20)16(15-7-2-3-8-17(15)18)10-13-5-4-6-14(9-13)11-19/h2-9,16H,10H2,1H3. The smallest absolute Gasteiger partial charge is 0.137 e. The fraction of sp³-hybridized carbons (Fsp3) is 0.176. The molecule has 2 aromatic carbocycles. The Bertz CT molecular complexity index is 673. The van der Waals surface area contributed by atoms with Crippen molar-refractivity contribution in [3.63, 3.8) is 0 Å². The topological polar surface area (TPSA) is 40.9 Å². The largest absolute Gasteiger partial charge is 0.299 e. The quantitative estimate of drug-likeness (QED) is 0.849. The van der Waals surface area contributed by atoms with E-state index < -0.39 is 5.92 Å². The molecule has 0 spiro atoms. The van der Waals surface area contributed by atoms with Gasteiger partial charge in [0.2, 0.25) is 0 Å². The molecule has 20 heavy (non-hydrogen) atoms. The molecule has 1 atom stereocenters. The molecule has 0 saturated carbocycles. The zero-order valence-electron chi connectivity index (χ0n) is 11.1. The summed E-state index contributed by atoms with van der Waals surface area (Å²) in [5.41, 5.74) is 1.80. The number of rotatable bonds is 4. The van der Waals surface area contributed by atoms with E-state index >= 15 is 0 Å². The Hall–Kier alpha value is -2.47. The molecule has 100 valence electrons. The molecule has 2 rings (SSSR count). The molecule has 2 aromatic rings.